The summed E-state index contributed by atoms with van der Waals surface area (Å²) < 4.78 is 17.2. The number of hydrogen-bond donors (Lipinski definition) is 0. The molecule has 0 atom stereocenters. The largest absolute Gasteiger partial charge is 0.568 e. The summed E-state index contributed by atoms with van der Waals surface area (Å²) in [6.45, 7) is 13.2. The first-order valence-electron chi connectivity index (χ1n) is 7.28. The van der Waals surface area contributed by atoms with Crippen LogP contribution in [0.15, 0.2) is 0 Å². The molecule has 0 amide bonds. The van der Waals surface area contributed by atoms with Gasteiger partial charge in [0.1, 0.15) is 0 Å². The van der Waals surface area contributed by atoms with Crippen LogP contribution in [-0.4, -0.2) is 28.0 Å². The summed E-state index contributed by atoms with van der Waals surface area (Å²) in [5, 5.41) is 0. The van der Waals surface area contributed by atoms with Crippen molar-refractivity contribution in [1.29, 1.82) is 0 Å². The van der Waals surface area contributed by atoms with Gasteiger partial charge in [-0.1, -0.05) is 34.1 Å². The lowest BCUT2D eigenvalue weighted by atomic mass is 10.0. The number of unbranched alkanes of at least 4 members (excludes halogenated alkanes) is 1. The van der Waals surface area contributed by atoms with Gasteiger partial charge in [0.15, 0.2) is 0 Å². The van der Waals surface area contributed by atoms with Crippen LogP contribution in [0, 0.1) is 5.41 Å². The zero-order valence-electron chi connectivity index (χ0n) is 13.4. The van der Waals surface area contributed by atoms with Crippen LogP contribution in [0.4, 0.5) is 0 Å². The Kier molecular flexibility index (Phi) is 8.53. The quantitative estimate of drug-likeness (QED) is 0.606. The Morgan fingerprint density at radius 2 is 1.58 bits per heavy atom. The summed E-state index contributed by atoms with van der Waals surface area (Å²) in [5.41, 5.74) is 0.00159. The second-order valence-corrected chi connectivity index (χ2v) is 8.37. The van der Waals surface area contributed by atoms with Gasteiger partial charge in [-0.2, -0.15) is 0 Å². The SMILES string of the molecule is CCCCC(=O)O[Si](CC(C)(C)C)(OCC)OCC. The summed E-state index contributed by atoms with van der Waals surface area (Å²) >= 11 is 0. The van der Waals surface area contributed by atoms with Gasteiger partial charge in [-0.15, -0.1) is 0 Å². The van der Waals surface area contributed by atoms with Gasteiger partial charge in [0.2, 0.25) is 0 Å². The van der Waals surface area contributed by atoms with E-state index in [-0.39, 0.29) is 11.4 Å². The second-order valence-electron chi connectivity index (χ2n) is 5.86. The summed E-state index contributed by atoms with van der Waals surface area (Å²) in [5.74, 6) is -0.195. The molecule has 0 saturated carbocycles. The van der Waals surface area contributed by atoms with Crippen LogP contribution in [0.3, 0.4) is 0 Å². The molecule has 4 nitrogen and oxygen atoms in total. The molecule has 0 unspecified atom stereocenters. The summed E-state index contributed by atoms with van der Waals surface area (Å²) in [7, 11) is -2.89. The Hall–Kier alpha value is -0.393. The van der Waals surface area contributed by atoms with Gasteiger partial charge in [0.25, 0.3) is 5.97 Å². The van der Waals surface area contributed by atoms with Crippen molar-refractivity contribution in [2.45, 2.75) is 66.8 Å². The van der Waals surface area contributed by atoms with Crippen molar-refractivity contribution in [1.82, 2.24) is 0 Å². The molecular formula is C14H30O4Si. The molecule has 0 radical (unpaired) electrons. The molecule has 0 fully saturated rings. The molecule has 0 rings (SSSR count). The molecule has 0 aromatic heterocycles. The van der Waals surface area contributed by atoms with Crippen LogP contribution in [0.25, 0.3) is 0 Å². The highest BCUT2D eigenvalue weighted by molar-refractivity contribution is 6.62. The third-order valence-electron chi connectivity index (χ3n) is 2.48. The number of rotatable bonds is 9. The maximum atomic E-state index is 11.9. The molecule has 0 spiro atoms. The molecule has 0 aliphatic rings. The molecule has 0 aliphatic heterocycles. The topological polar surface area (TPSA) is 44.8 Å². The summed E-state index contributed by atoms with van der Waals surface area (Å²) in [6, 6.07) is 0.652. The van der Waals surface area contributed by atoms with Gasteiger partial charge >= 0.3 is 8.80 Å². The average molecular weight is 290 g/mol. The number of carbonyl (C=O) groups is 1. The number of hydrogen-bond acceptors (Lipinski definition) is 4. The fraction of sp³-hybridized carbons (Fsp3) is 0.929. The van der Waals surface area contributed by atoms with E-state index in [0.29, 0.717) is 25.7 Å². The van der Waals surface area contributed by atoms with E-state index >= 15 is 0 Å². The lowest BCUT2D eigenvalue weighted by Crippen LogP contribution is -2.50. The zero-order valence-corrected chi connectivity index (χ0v) is 14.4. The molecule has 0 aliphatic carbocycles. The van der Waals surface area contributed by atoms with Crippen molar-refractivity contribution in [2.75, 3.05) is 13.2 Å². The van der Waals surface area contributed by atoms with Crippen molar-refractivity contribution in [2.24, 2.45) is 5.41 Å². The Morgan fingerprint density at radius 1 is 1.05 bits per heavy atom. The second kappa shape index (κ2) is 8.71. The van der Waals surface area contributed by atoms with Crippen LogP contribution in [-0.2, 0) is 18.1 Å². The smallest absolute Gasteiger partial charge is 0.473 e. The van der Waals surface area contributed by atoms with Gasteiger partial charge < -0.3 is 13.3 Å². The Balaban J connectivity index is 4.83. The highest BCUT2D eigenvalue weighted by atomic mass is 28.4. The maximum absolute atomic E-state index is 11.9. The van der Waals surface area contributed by atoms with Crippen molar-refractivity contribution in [3.63, 3.8) is 0 Å². The van der Waals surface area contributed by atoms with E-state index in [9.17, 15) is 4.79 Å². The van der Waals surface area contributed by atoms with Gasteiger partial charge in [-0.3, -0.25) is 4.79 Å². The standard InChI is InChI=1S/C14H30O4Si/c1-7-10-11-13(15)18-19(16-8-2,17-9-3)12-14(4,5)6/h7-12H2,1-6H3. The van der Waals surface area contributed by atoms with Crippen LogP contribution >= 0.6 is 0 Å². The first kappa shape index (κ1) is 18.6. The molecule has 19 heavy (non-hydrogen) atoms. The molecule has 0 N–H and O–H groups in total. The van der Waals surface area contributed by atoms with E-state index < -0.39 is 8.80 Å². The van der Waals surface area contributed by atoms with Crippen LogP contribution in [0.1, 0.15) is 60.8 Å². The van der Waals surface area contributed by atoms with Gasteiger partial charge in [-0.05, 0) is 25.7 Å². The van der Waals surface area contributed by atoms with E-state index in [4.69, 9.17) is 13.3 Å². The summed E-state index contributed by atoms with van der Waals surface area (Å²) in [6.07, 6.45) is 2.26. The van der Waals surface area contributed by atoms with Crippen molar-refractivity contribution >= 4 is 14.8 Å². The average Bonchev–Trinajstić information content (AvgIpc) is 2.24. The summed E-state index contributed by atoms with van der Waals surface area (Å²) in [4.78, 5) is 11.9. The fourth-order valence-corrected chi connectivity index (χ4v) is 4.98. The highest BCUT2D eigenvalue weighted by Crippen LogP contribution is 2.30. The van der Waals surface area contributed by atoms with E-state index in [1.807, 2.05) is 13.8 Å². The minimum Gasteiger partial charge on any atom is -0.473 e. The van der Waals surface area contributed by atoms with Gasteiger partial charge in [0.05, 0.1) is 0 Å². The predicted octanol–water partition coefficient (Wildman–Crippen LogP) is 3.78. The lowest BCUT2D eigenvalue weighted by Gasteiger charge is -2.33. The van der Waals surface area contributed by atoms with Crippen molar-refractivity contribution in [3.8, 4) is 0 Å². The molecule has 0 saturated heterocycles. The Labute approximate surface area is 119 Å². The predicted molar refractivity (Wildman–Crippen MR) is 78.9 cm³/mol. The molecule has 5 heteroatoms. The maximum Gasteiger partial charge on any atom is 0.568 e. The Morgan fingerprint density at radius 3 is 1.95 bits per heavy atom. The van der Waals surface area contributed by atoms with Crippen molar-refractivity contribution in [3.05, 3.63) is 0 Å². The molecule has 114 valence electrons. The molecular weight excluding hydrogens is 260 g/mol. The lowest BCUT2D eigenvalue weighted by molar-refractivity contribution is -0.139. The minimum absolute atomic E-state index is 0.00159. The molecule has 0 heterocycles. The van der Waals surface area contributed by atoms with Crippen LogP contribution < -0.4 is 0 Å². The van der Waals surface area contributed by atoms with E-state index in [1.165, 1.54) is 0 Å². The third-order valence-corrected chi connectivity index (χ3v) is 5.97. The zero-order chi connectivity index (χ0) is 14.9. The monoisotopic (exact) mass is 290 g/mol. The third kappa shape index (κ3) is 8.39. The Bertz CT molecular complexity index is 255. The van der Waals surface area contributed by atoms with E-state index in [2.05, 4.69) is 27.7 Å². The van der Waals surface area contributed by atoms with Crippen LogP contribution in [0.5, 0.6) is 0 Å². The normalized spacial score (nSPS) is 12.5. The molecule has 0 bridgehead atoms. The first-order chi connectivity index (χ1) is 8.78. The van der Waals surface area contributed by atoms with Crippen LogP contribution in [0.2, 0.25) is 6.04 Å². The van der Waals surface area contributed by atoms with Gasteiger partial charge in [-0.25, -0.2) is 0 Å². The minimum atomic E-state index is -2.89. The molecule has 0 aromatic rings. The first-order valence-corrected chi connectivity index (χ1v) is 9.21. The van der Waals surface area contributed by atoms with E-state index in [1.54, 1.807) is 0 Å². The van der Waals surface area contributed by atoms with Gasteiger partial charge in [0, 0.05) is 25.7 Å². The fourth-order valence-electron chi connectivity index (χ4n) is 1.87. The van der Waals surface area contributed by atoms with Crippen molar-refractivity contribution < 1.29 is 18.1 Å². The highest BCUT2D eigenvalue weighted by Gasteiger charge is 2.47. The molecule has 0 aromatic carbocycles. The number of carbonyl (C=O) groups excluding carboxylic acids is 1. The van der Waals surface area contributed by atoms with E-state index in [0.717, 1.165) is 12.8 Å².